The van der Waals surface area contributed by atoms with E-state index in [-0.39, 0.29) is 6.03 Å². The zero-order valence-corrected chi connectivity index (χ0v) is 16.6. The van der Waals surface area contributed by atoms with Crippen LogP contribution in [0.1, 0.15) is 12.8 Å². The van der Waals surface area contributed by atoms with Crippen LogP contribution < -0.4 is 10.1 Å². The number of hydrogen-bond acceptors (Lipinski definition) is 3. The molecule has 1 N–H and O–H groups in total. The number of carbonyl (C=O) groups is 1. The molecule has 0 aliphatic carbocycles. The van der Waals surface area contributed by atoms with Gasteiger partial charge in [-0.3, -0.25) is 0 Å². The Morgan fingerprint density at radius 3 is 2.59 bits per heavy atom. The van der Waals surface area contributed by atoms with Crippen LogP contribution in [0.25, 0.3) is 11.4 Å². The Kier molecular flexibility index (Phi) is 5.79. The largest absolute Gasteiger partial charge is 0.495 e. The highest BCUT2D eigenvalue weighted by molar-refractivity contribution is 5.91. The van der Waals surface area contributed by atoms with Crippen molar-refractivity contribution in [1.82, 2.24) is 14.5 Å². The van der Waals surface area contributed by atoms with Crippen molar-refractivity contribution in [3.05, 3.63) is 67.0 Å². The molecular formula is C23H26N4O2. The number of benzene rings is 2. The Bertz CT molecular complexity index is 946. The van der Waals surface area contributed by atoms with Gasteiger partial charge in [-0.25, -0.2) is 9.78 Å². The molecule has 0 atom stereocenters. The summed E-state index contributed by atoms with van der Waals surface area (Å²) in [5.74, 6) is 2.20. The van der Waals surface area contributed by atoms with Crippen LogP contribution in [0.3, 0.4) is 0 Å². The number of imidazole rings is 1. The molecule has 2 heterocycles. The number of nitrogens with one attached hydrogen (secondary N) is 1. The van der Waals surface area contributed by atoms with Crippen LogP contribution in [0.5, 0.6) is 5.75 Å². The Morgan fingerprint density at radius 2 is 1.83 bits per heavy atom. The maximum atomic E-state index is 12.6. The normalized spacial score (nSPS) is 14.6. The first-order valence-electron chi connectivity index (χ1n) is 10.00. The fraction of sp³-hybridized carbons (Fsp3) is 0.304. The van der Waals surface area contributed by atoms with E-state index in [0.29, 0.717) is 17.4 Å². The van der Waals surface area contributed by atoms with E-state index < -0.39 is 0 Å². The fourth-order valence-electron chi connectivity index (χ4n) is 3.84. The molecule has 2 aromatic carbocycles. The monoisotopic (exact) mass is 390 g/mol. The second-order valence-electron chi connectivity index (χ2n) is 7.33. The van der Waals surface area contributed by atoms with Crippen LogP contribution in [0, 0.1) is 5.92 Å². The van der Waals surface area contributed by atoms with Gasteiger partial charge < -0.3 is 19.5 Å². The average Bonchev–Trinajstić information content (AvgIpc) is 3.23. The second kappa shape index (κ2) is 8.82. The molecular weight excluding hydrogens is 364 g/mol. The van der Waals surface area contributed by atoms with E-state index in [1.54, 1.807) is 7.11 Å². The van der Waals surface area contributed by atoms with Gasteiger partial charge >= 0.3 is 6.03 Å². The summed E-state index contributed by atoms with van der Waals surface area (Å²) in [6, 6.07) is 17.7. The number of rotatable bonds is 5. The molecule has 6 heteroatoms. The predicted octanol–water partition coefficient (Wildman–Crippen LogP) is 4.50. The number of hydrogen-bond donors (Lipinski definition) is 1. The molecule has 6 nitrogen and oxygen atoms in total. The van der Waals surface area contributed by atoms with Crippen molar-refractivity contribution in [3.8, 4) is 17.1 Å². The molecule has 2 amide bonds. The van der Waals surface area contributed by atoms with Crippen LogP contribution in [0.15, 0.2) is 67.0 Å². The number of para-hydroxylation sites is 2. The number of urea groups is 1. The topological polar surface area (TPSA) is 59.4 Å². The van der Waals surface area contributed by atoms with Crippen molar-refractivity contribution in [2.75, 3.05) is 25.5 Å². The minimum atomic E-state index is -0.0689. The van der Waals surface area contributed by atoms with Gasteiger partial charge in [-0.15, -0.1) is 0 Å². The Hall–Kier alpha value is -3.28. The van der Waals surface area contributed by atoms with Crippen LogP contribution >= 0.6 is 0 Å². The third-order valence-electron chi connectivity index (χ3n) is 5.45. The molecule has 1 aliphatic heterocycles. The van der Waals surface area contributed by atoms with Gasteiger partial charge in [0.25, 0.3) is 0 Å². The summed E-state index contributed by atoms with van der Waals surface area (Å²) in [6.45, 7) is 2.42. The number of carbonyl (C=O) groups excluding carboxylic acids is 1. The molecule has 0 bridgehead atoms. The third-order valence-corrected chi connectivity index (χ3v) is 5.45. The summed E-state index contributed by atoms with van der Waals surface area (Å²) < 4.78 is 7.54. The number of piperidine rings is 1. The zero-order chi connectivity index (χ0) is 20.1. The molecule has 3 aromatic rings. The predicted molar refractivity (Wildman–Crippen MR) is 114 cm³/mol. The minimum absolute atomic E-state index is 0.0689. The number of methoxy groups -OCH3 is 1. The standard InChI is InChI=1S/C23H26N4O2/c1-29-21-10-6-5-9-20(21)25-23(28)26-14-11-18(12-15-26)17-27-16-13-24-22(27)19-7-3-2-4-8-19/h2-10,13,16,18H,11-12,14-15,17H2,1H3,(H,25,28). The fourth-order valence-corrected chi connectivity index (χ4v) is 3.84. The third kappa shape index (κ3) is 4.42. The quantitative estimate of drug-likeness (QED) is 0.698. The first-order chi connectivity index (χ1) is 14.2. The summed E-state index contributed by atoms with van der Waals surface area (Å²) in [7, 11) is 1.61. The first-order valence-corrected chi connectivity index (χ1v) is 10.00. The number of likely N-dealkylation sites (tertiary alicyclic amines) is 1. The van der Waals surface area contributed by atoms with E-state index in [0.717, 1.165) is 43.9 Å². The summed E-state index contributed by atoms with van der Waals surface area (Å²) >= 11 is 0. The Balaban J connectivity index is 1.33. The lowest BCUT2D eigenvalue weighted by Crippen LogP contribution is -2.41. The molecule has 150 valence electrons. The number of amides is 2. The molecule has 1 aliphatic rings. The molecule has 1 saturated heterocycles. The lowest BCUT2D eigenvalue weighted by Gasteiger charge is -2.32. The maximum absolute atomic E-state index is 12.6. The summed E-state index contributed by atoms with van der Waals surface area (Å²) in [5.41, 5.74) is 1.83. The van der Waals surface area contributed by atoms with Crippen molar-refractivity contribution in [3.63, 3.8) is 0 Å². The van der Waals surface area contributed by atoms with Crippen molar-refractivity contribution >= 4 is 11.7 Å². The van der Waals surface area contributed by atoms with Crippen molar-refractivity contribution in [2.45, 2.75) is 19.4 Å². The molecule has 0 unspecified atom stereocenters. The Labute approximate surface area is 171 Å². The van der Waals surface area contributed by atoms with E-state index in [9.17, 15) is 4.79 Å². The van der Waals surface area contributed by atoms with E-state index in [1.807, 2.05) is 59.8 Å². The molecule has 0 saturated carbocycles. The lowest BCUT2D eigenvalue weighted by molar-refractivity contribution is 0.177. The van der Waals surface area contributed by atoms with Gasteiger partial charge in [0.05, 0.1) is 12.8 Å². The minimum Gasteiger partial charge on any atom is -0.495 e. The Morgan fingerprint density at radius 1 is 1.10 bits per heavy atom. The van der Waals surface area contributed by atoms with Crippen molar-refractivity contribution in [1.29, 1.82) is 0 Å². The van der Waals surface area contributed by atoms with Crippen LogP contribution in [0.4, 0.5) is 10.5 Å². The number of nitrogens with zero attached hydrogens (tertiary/aromatic N) is 3. The molecule has 0 radical (unpaired) electrons. The molecule has 29 heavy (non-hydrogen) atoms. The highest BCUT2D eigenvalue weighted by Gasteiger charge is 2.24. The van der Waals surface area contributed by atoms with E-state index >= 15 is 0 Å². The van der Waals surface area contributed by atoms with Crippen molar-refractivity contribution in [2.24, 2.45) is 5.92 Å². The summed E-state index contributed by atoms with van der Waals surface area (Å²) in [4.78, 5) is 19.1. The molecule has 1 aromatic heterocycles. The van der Waals surface area contributed by atoms with Crippen LogP contribution in [-0.4, -0.2) is 40.7 Å². The van der Waals surface area contributed by atoms with Gasteiger partial charge in [-0.05, 0) is 30.9 Å². The van der Waals surface area contributed by atoms with Gasteiger partial charge in [0.15, 0.2) is 0 Å². The first kappa shape index (κ1) is 19.1. The smallest absolute Gasteiger partial charge is 0.321 e. The highest BCUT2D eigenvalue weighted by atomic mass is 16.5. The van der Waals surface area contributed by atoms with Gasteiger partial charge in [0.2, 0.25) is 0 Å². The average molecular weight is 390 g/mol. The van der Waals surface area contributed by atoms with E-state index in [4.69, 9.17) is 4.74 Å². The number of ether oxygens (including phenoxy) is 1. The van der Waals surface area contributed by atoms with Crippen molar-refractivity contribution < 1.29 is 9.53 Å². The maximum Gasteiger partial charge on any atom is 0.321 e. The number of anilines is 1. The highest BCUT2D eigenvalue weighted by Crippen LogP contribution is 2.26. The SMILES string of the molecule is COc1ccccc1NC(=O)N1CCC(Cn2ccnc2-c2ccccc2)CC1. The molecule has 0 spiro atoms. The lowest BCUT2D eigenvalue weighted by atomic mass is 9.97. The van der Waals surface area contributed by atoms with E-state index in [2.05, 4.69) is 27.0 Å². The molecule has 1 fully saturated rings. The van der Waals surface area contributed by atoms with Gasteiger partial charge in [-0.1, -0.05) is 42.5 Å². The van der Waals surface area contributed by atoms with Gasteiger partial charge in [0.1, 0.15) is 11.6 Å². The van der Waals surface area contributed by atoms with Gasteiger partial charge in [-0.2, -0.15) is 0 Å². The van der Waals surface area contributed by atoms with Gasteiger partial charge in [0, 0.05) is 37.6 Å². The number of aromatic nitrogens is 2. The summed E-state index contributed by atoms with van der Waals surface area (Å²) in [6.07, 6.45) is 5.86. The zero-order valence-electron chi connectivity index (χ0n) is 16.6. The molecule has 4 rings (SSSR count). The van der Waals surface area contributed by atoms with E-state index in [1.165, 1.54) is 0 Å². The second-order valence-corrected chi connectivity index (χ2v) is 7.33. The van der Waals surface area contributed by atoms with Crippen LogP contribution in [0.2, 0.25) is 0 Å². The van der Waals surface area contributed by atoms with Crippen LogP contribution in [-0.2, 0) is 6.54 Å². The summed E-state index contributed by atoms with van der Waals surface area (Å²) in [5, 5.41) is 2.97.